The zero-order chi connectivity index (χ0) is 14.3. The average Bonchev–Trinajstić information content (AvgIpc) is 2.95. The van der Waals surface area contributed by atoms with Crippen LogP contribution in [-0.4, -0.2) is 12.5 Å². The van der Waals surface area contributed by atoms with E-state index >= 15 is 0 Å². The van der Waals surface area contributed by atoms with Crippen molar-refractivity contribution in [3.05, 3.63) is 51.3 Å². The normalized spacial score (nSPS) is 22.1. The van der Waals surface area contributed by atoms with E-state index < -0.39 is 5.54 Å². The minimum atomic E-state index is -0.420. The number of hydrogen-bond donors (Lipinski definition) is 1. The number of hydrogen-bond acceptors (Lipinski definition) is 4. The third kappa shape index (κ3) is 2.16. The first-order valence-corrected chi connectivity index (χ1v) is 7.71. The molecule has 6 heteroatoms. The molecular weight excluding hydrogens is 386 g/mol. The van der Waals surface area contributed by atoms with Gasteiger partial charge in [0, 0.05) is 10.2 Å². The van der Waals surface area contributed by atoms with Gasteiger partial charge >= 0.3 is 0 Å². The number of furan rings is 1. The quantitative estimate of drug-likeness (QED) is 0.835. The van der Waals surface area contributed by atoms with Crippen LogP contribution in [0.4, 0.5) is 5.69 Å². The van der Waals surface area contributed by atoms with Crippen molar-refractivity contribution in [3.63, 3.8) is 0 Å². The summed E-state index contributed by atoms with van der Waals surface area (Å²) in [4.78, 5) is 6.40. The Morgan fingerprint density at radius 1 is 1.30 bits per heavy atom. The largest absolute Gasteiger partial charge is 0.452 e. The summed E-state index contributed by atoms with van der Waals surface area (Å²) in [5.41, 5.74) is 6.65. The van der Waals surface area contributed by atoms with Gasteiger partial charge in [0.25, 0.3) is 0 Å². The van der Waals surface area contributed by atoms with E-state index in [0.29, 0.717) is 17.2 Å². The van der Waals surface area contributed by atoms with Crippen molar-refractivity contribution in [2.45, 2.75) is 12.5 Å². The van der Waals surface area contributed by atoms with Gasteiger partial charge < -0.3 is 10.2 Å². The summed E-state index contributed by atoms with van der Waals surface area (Å²) in [5.74, 6) is 1.33. The van der Waals surface area contributed by atoms with E-state index in [0.717, 1.165) is 15.9 Å². The smallest absolute Gasteiger partial charge is 0.196 e. The predicted octanol–water partition coefficient (Wildman–Crippen LogP) is 3.85. The molecule has 1 aliphatic rings. The highest BCUT2D eigenvalue weighted by Gasteiger charge is 2.43. The lowest BCUT2D eigenvalue weighted by molar-refractivity contribution is 0.378. The number of nitrogens with zero attached hydrogens (tertiary/aromatic N) is 2. The Morgan fingerprint density at radius 2 is 2.10 bits per heavy atom. The first-order chi connectivity index (χ1) is 9.50. The minimum absolute atomic E-state index is 0.420. The van der Waals surface area contributed by atoms with E-state index in [1.54, 1.807) is 0 Å². The molecule has 1 unspecified atom stereocenters. The van der Waals surface area contributed by atoms with Gasteiger partial charge in [-0.1, -0.05) is 22.0 Å². The lowest BCUT2D eigenvalue weighted by Crippen LogP contribution is -2.47. The number of nitrogens with two attached hydrogens (primary N) is 1. The van der Waals surface area contributed by atoms with Gasteiger partial charge in [-0.05, 0) is 53.2 Å². The second-order valence-electron chi connectivity index (χ2n) is 4.87. The predicted molar refractivity (Wildman–Crippen MR) is 86.9 cm³/mol. The number of guanidine groups is 1. The Morgan fingerprint density at radius 3 is 2.75 bits per heavy atom. The molecule has 20 heavy (non-hydrogen) atoms. The Bertz CT molecular complexity index is 683. The van der Waals surface area contributed by atoms with Crippen molar-refractivity contribution in [2.75, 3.05) is 11.4 Å². The third-order valence-electron chi connectivity index (χ3n) is 3.44. The summed E-state index contributed by atoms with van der Waals surface area (Å²) in [6.45, 7) is 2.63. The Hall–Kier alpha value is -1.27. The summed E-state index contributed by atoms with van der Waals surface area (Å²) >= 11 is 6.83. The molecule has 104 valence electrons. The number of aliphatic imine (C=N–C) groups is 1. The molecule has 0 radical (unpaired) electrons. The van der Waals surface area contributed by atoms with Gasteiger partial charge in [-0.3, -0.25) is 9.89 Å². The van der Waals surface area contributed by atoms with Crippen LogP contribution in [0.2, 0.25) is 0 Å². The lowest BCUT2D eigenvalue weighted by Gasteiger charge is -2.34. The molecular formula is C14H13Br2N3O. The zero-order valence-corrected chi connectivity index (χ0v) is 14.0. The molecule has 0 aliphatic carbocycles. The molecule has 0 spiro atoms. The Balaban J connectivity index is 2.08. The van der Waals surface area contributed by atoms with E-state index in [1.165, 1.54) is 0 Å². The molecule has 2 heterocycles. The number of halogens is 2. The van der Waals surface area contributed by atoms with E-state index in [9.17, 15) is 0 Å². The fourth-order valence-electron chi connectivity index (χ4n) is 2.45. The van der Waals surface area contributed by atoms with Gasteiger partial charge in [-0.15, -0.1) is 0 Å². The fourth-order valence-corrected chi connectivity index (χ4v) is 3.15. The maximum Gasteiger partial charge on any atom is 0.196 e. The van der Waals surface area contributed by atoms with Crippen molar-refractivity contribution in [1.82, 2.24) is 0 Å². The second kappa shape index (κ2) is 4.93. The molecule has 0 fully saturated rings. The van der Waals surface area contributed by atoms with Crippen molar-refractivity contribution < 1.29 is 4.42 Å². The summed E-state index contributed by atoms with van der Waals surface area (Å²) in [7, 11) is 0. The maximum atomic E-state index is 6.09. The van der Waals surface area contributed by atoms with Gasteiger partial charge in [0.05, 0.1) is 6.54 Å². The SMILES string of the molecule is CC1(c2ccc(Br)o2)CN=C(N)N1c1cccc(Br)c1. The van der Waals surface area contributed by atoms with E-state index in [1.807, 2.05) is 41.3 Å². The maximum absolute atomic E-state index is 6.09. The van der Waals surface area contributed by atoms with Gasteiger partial charge in [0.1, 0.15) is 11.3 Å². The Kier molecular flexibility index (Phi) is 3.38. The molecule has 1 aromatic carbocycles. The van der Waals surface area contributed by atoms with Crippen LogP contribution in [0.5, 0.6) is 0 Å². The van der Waals surface area contributed by atoms with Gasteiger partial charge in [0.2, 0.25) is 0 Å². The van der Waals surface area contributed by atoms with E-state index in [-0.39, 0.29) is 0 Å². The molecule has 4 nitrogen and oxygen atoms in total. The summed E-state index contributed by atoms with van der Waals surface area (Å²) in [6.07, 6.45) is 0. The zero-order valence-electron chi connectivity index (χ0n) is 10.8. The van der Waals surface area contributed by atoms with E-state index in [4.69, 9.17) is 10.2 Å². The first-order valence-electron chi connectivity index (χ1n) is 6.12. The highest BCUT2D eigenvalue weighted by molar-refractivity contribution is 9.10. The molecule has 2 N–H and O–H groups in total. The molecule has 1 atom stereocenters. The van der Waals surface area contributed by atoms with Crippen molar-refractivity contribution >= 4 is 43.5 Å². The van der Waals surface area contributed by atoms with Crippen molar-refractivity contribution in [3.8, 4) is 0 Å². The highest BCUT2D eigenvalue weighted by atomic mass is 79.9. The van der Waals surface area contributed by atoms with Crippen molar-refractivity contribution in [2.24, 2.45) is 10.7 Å². The van der Waals surface area contributed by atoms with Crippen LogP contribution >= 0.6 is 31.9 Å². The van der Waals surface area contributed by atoms with Crippen LogP contribution in [0.25, 0.3) is 0 Å². The van der Waals surface area contributed by atoms with Crippen LogP contribution in [0.1, 0.15) is 12.7 Å². The average molecular weight is 399 g/mol. The van der Waals surface area contributed by atoms with Crippen LogP contribution in [0.15, 0.2) is 54.9 Å². The standard InChI is InChI=1S/C14H13Br2N3O/c1-14(11-5-6-12(16)20-11)8-18-13(17)19(14)10-4-2-3-9(15)7-10/h2-7H,8H2,1H3,(H2,17,18). The van der Waals surface area contributed by atoms with Gasteiger partial charge in [0.15, 0.2) is 10.6 Å². The molecule has 0 amide bonds. The molecule has 0 saturated heterocycles. The minimum Gasteiger partial charge on any atom is -0.452 e. The topological polar surface area (TPSA) is 54.8 Å². The monoisotopic (exact) mass is 397 g/mol. The third-order valence-corrected chi connectivity index (χ3v) is 4.36. The highest BCUT2D eigenvalue weighted by Crippen LogP contribution is 2.38. The molecule has 2 aromatic rings. The van der Waals surface area contributed by atoms with Crippen LogP contribution in [-0.2, 0) is 5.54 Å². The number of anilines is 1. The summed E-state index contributed by atoms with van der Waals surface area (Å²) in [5, 5.41) is 0. The van der Waals surface area contributed by atoms with Crippen LogP contribution < -0.4 is 10.6 Å². The first kappa shape index (κ1) is 13.7. The second-order valence-corrected chi connectivity index (χ2v) is 6.56. The summed E-state index contributed by atoms with van der Waals surface area (Å²) in [6, 6.07) is 11.8. The molecule has 3 rings (SSSR count). The van der Waals surface area contributed by atoms with Crippen molar-refractivity contribution in [1.29, 1.82) is 0 Å². The lowest BCUT2D eigenvalue weighted by atomic mass is 9.97. The molecule has 1 aliphatic heterocycles. The van der Waals surface area contributed by atoms with Crippen LogP contribution in [0.3, 0.4) is 0 Å². The van der Waals surface area contributed by atoms with Gasteiger partial charge in [-0.25, -0.2) is 0 Å². The Labute approximate surface area is 133 Å². The van der Waals surface area contributed by atoms with E-state index in [2.05, 4.69) is 43.8 Å². The molecule has 1 aromatic heterocycles. The molecule has 0 saturated carbocycles. The number of rotatable bonds is 2. The number of benzene rings is 1. The van der Waals surface area contributed by atoms with Crippen LogP contribution in [0, 0.1) is 0 Å². The fraction of sp³-hybridized carbons (Fsp3) is 0.214. The molecule has 0 bridgehead atoms. The summed E-state index contributed by atoms with van der Waals surface area (Å²) < 4.78 is 7.44. The van der Waals surface area contributed by atoms with Gasteiger partial charge in [-0.2, -0.15) is 0 Å².